The number of hydrogen-bond acceptors (Lipinski definition) is 10. The average molecular weight is 461 g/mol. The second-order valence-corrected chi connectivity index (χ2v) is 6.11. The number of nitro benzene ring substituents is 1. The number of ether oxygens (including phenoxy) is 7. The van der Waals surface area contributed by atoms with Crippen molar-refractivity contribution < 1.29 is 48.0 Å². The highest BCUT2D eigenvalue weighted by atomic mass is 16.6. The van der Waals surface area contributed by atoms with Crippen molar-refractivity contribution in [2.24, 2.45) is 0 Å². The van der Waals surface area contributed by atoms with Crippen LogP contribution in [-0.2, 0) is 33.2 Å². The van der Waals surface area contributed by atoms with E-state index in [2.05, 4.69) is 0 Å². The molecule has 1 aromatic carbocycles. The van der Waals surface area contributed by atoms with Crippen molar-refractivity contribution in [2.45, 2.75) is 0 Å². The Labute approximate surface area is 186 Å². The second-order valence-electron chi connectivity index (χ2n) is 6.11. The largest absolute Gasteiger partial charge is 0.491 e. The van der Waals surface area contributed by atoms with Gasteiger partial charge in [0.05, 0.1) is 77.6 Å². The number of hydrogen-bond donors (Lipinski definition) is 1. The van der Waals surface area contributed by atoms with Gasteiger partial charge in [-0.15, -0.1) is 0 Å². The maximum Gasteiger partial charge on any atom is 0.329 e. The number of carboxylic acid groups (broad SMARTS) is 1. The van der Waals surface area contributed by atoms with Crippen LogP contribution in [0.2, 0.25) is 0 Å². The molecule has 0 aliphatic heterocycles. The highest BCUT2D eigenvalue weighted by molar-refractivity contribution is 5.67. The molecule has 0 spiro atoms. The zero-order chi connectivity index (χ0) is 23.3. The summed E-state index contributed by atoms with van der Waals surface area (Å²) >= 11 is 0. The van der Waals surface area contributed by atoms with Crippen LogP contribution in [0.15, 0.2) is 24.3 Å². The number of carboxylic acids is 1. The lowest BCUT2D eigenvalue weighted by molar-refractivity contribution is -0.384. The number of rotatable bonds is 22. The summed E-state index contributed by atoms with van der Waals surface area (Å²) in [5, 5.41) is 18.9. The predicted octanol–water partition coefficient (Wildman–Crippen LogP) is 1.16. The van der Waals surface area contributed by atoms with Gasteiger partial charge in [-0.05, 0) is 12.1 Å². The Bertz CT molecular complexity index is 612. The van der Waals surface area contributed by atoms with Crippen molar-refractivity contribution in [2.75, 3.05) is 85.9 Å². The van der Waals surface area contributed by atoms with E-state index in [1.165, 1.54) is 12.1 Å². The van der Waals surface area contributed by atoms with E-state index >= 15 is 0 Å². The van der Waals surface area contributed by atoms with Crippen LogP contribution >= 0.6 is 0 Å². The third-order valence-electron chi connectivity index (χ3n) is 3.63. The normalized spacial score (nSPS) is 10.9. The van der Waals surface area contributed by atoms with Gasteiger partial charge in [-0.3, -0.25) is 10.1 Å². The van der Waals surface area contributed by atoms with Gasteiger partial charge in [0, 0.05) is 12.1 Å². The molecule has 1 rings (SSSR count). The van der Waals surface area contributed by atoms with Gasteiger partial charge in [0.25, 0.3) is 5.69 Å². The molecule has 0 saturated carbocycles. The molecule has 0 aromatic heterocycles. The van der Waals surface area contributed by atoms with Gasteiger partial charge in [0.2, 0.25) is 0 Å². The Morgan fingerprint density at radius 2 is 1.06 bits per heavy atom. The highest BCUT2D eigenvalue weighted by Crippen LogP contribution is 2.16. The van der Waals surface area contributed by atoms with Crippen LogP contribution in [0.4, 0.5) is 5.69 Å². The third-order valence-corrected chi connectivity index (χ3v) is 3.63. The summed E-state index contributed by atoms with van der Waals surface area (Å²) in [5.74, 6) is -0.456. The summed E-state index contributed by atoms with van der Waals surface area (Å²) in [6.07, 6.45) is 0. The van der Waals surface area contributed by atoms with E-state index < -0.39 is 10.9 Å². The van der Waals surface area contributed by atoms with Crippen LogP contribution < -0.4 is 4.74 Å². The number of aliphatic carboxylic acids is 1. The molecule has 0 aliphatic carbocycles. The van der Waals surface area contributed by atoms with Crippen LogP contribution in [0.3, 0.4) is 0 Å². The molecular formula is C20H31NO11. The van der Waals surface area contributed by atoms with E-state index in [0.29, 0.717) is 78.4 Å². The van der Waals surface area contributed by atoms with Crippen molar-refractivity contribution in [3.63, 3.8) is 0 Å². The Hall–Kier alpha value is -2.35. The molecule has 0 fully saturated rings. The standard InChI is InChI=1S/C20H31NO11/c22-20(23)17-31-14-13-29-10-9-27-6-5-26-7-8-28-11-12-30-15-16-32-19-3-1-18(2-4-19)21(24)25/h1-4H,5-17H2,(H,22,23). The van der Waals surface area contributed by atoms with Gasteiger partial charge in [-0.25, -0.2) is 4.79 Å². The van der Waals surface area contributed by atoms with Crippen LogP contribution in [0.1, 0.15) is 0 Å². The molecule has 0 unspecified atom stereocenters. The first-order chi connectivity index (χ1) is 15.6. The van der Waals surface area contributed by atoms with Gasteiger partial charge < -0.3 is 38.3 Å². The number of benzene rings is 1. The molecule has 1 N–H and O–H groups in total. The smallest absolute Gasteiger partial charge is 0.329 e. The van der Waals surface area contributed by atoms with Gasteiger partial charge in [0.1, 0.15) is 19.0 Å². The van der Waals surface area contributed by atoms with Crippen molar-refractivity contribution >= 4 is 11.7 Å². The lowest BCUT2D eigenvalue weighted by Crippen LogP contribution is -2.15. The molecule has 12 nitrogen and oxygen atoms in total. The minimum atomic E-state index is -1.00. The van der Waals surface area contributed by atoms with E-state index in [4.69, 9.17) is 38.3 Å². The van der Waals surface area contributed by atoms with Gasteiger partial charge in [0.15, 0.2) is 0 Å². The van der Waals surface area contributed by atoms with Gasteiger partial charge >= 0.3 is 5.97 Å². The molecule has 182 valence electrons. The third kappa shape index (κ3) is 16.4. The van der Waals surface area contributed by atoms with Crippen LogP contribution in [0.5, 0.6) is 5.75 Å². The Kier molecular flexibility index (Phi) is 16.7. The summed E-state index contributed by atoms with van der Waals surface area (Å²) in [6, 6.07) is 5.86. The summed E-state index contributed by atoms with van der Waals surface area (Å²) in [6.45, 7) is 4.41. The molecule has 0 aliphatic rings. The molecule has 12 heteroatoms. The fourth-order valence-electron chi connectivity index (χ4n) is 2.14. The van der Waals surface area contributed by atoms with E-state index in [9.17, 15) is 14.9 Å². The molecule has 0 saturated heterocycles. The average Bonchev–Trinajstić information content (AvgIpc) is 2.77. The van der Waals surface area contributed by atoms with Crippen molar-refractivity contribution in [1.82, 2.24) is 0 Å². The Morgan fingerprint density at radius 3 is 1.44 bits per heavy atom. The molecule has 0 heterocycles. The fraction of sp³-hybridized carbons (Fsp3) is 0.650. The van der Waals surface area contributed by atoms with Crippen molar-refractivity contribution in [1.29, 1.82) is 0 Å². The highest BCUT2D eigenvalue weighted by Gasteiger charge is 2.04. The number of non-ortho nitro benzene ring substituents is 1. The monoisotopic (exact) mass is 461 g/mol. The molecule has 0 atom stereocenters. The Balaban J connectivity index is 1.75. The SMILES string of the molecule is O=C(O)COCCOCCOCCOCCOCCOCCOc1ccc([N+](=O)[O-])cc1. The topological polar surface area (TPSA) is 145 Å². The molecule has 0 bridgehead atoms. The van der Waals surface area contributed by atoms with E-state index in [1.807, 2.05) is 0 Å². The van der Waals surface area contributed by atoms with E-state index in [0.717, 1.165) is 0 Å². The minimum Gasteiger partial charge on any atom is -0.491 e. The predicted molar refractivity (Wildman–Crippen MR) is 111 cm³/mol. The summed E-state index contributed by atoms with van der Waals surface area (Å²) in [7, 11) is 0. The van der Waals surface area contributed by atoms with Crippen LogP contribution in [0, 0.1) is 10.1 Å². The van der Waals surface area contributed by atoms with Crippen molar-refractivity contribution in [3.05, 3.63) is 34.4 Å². The maximum atomic E-state index is 10.6. The van der Waals surface area contributed by atoms with Crippen LogP contribution in [0.25, 0.3) is 0 Å². The summed E-state index contributed by atoms with van der Waals surface area (Å²) < 4.78 is 36.9. The first-order valence-corrected chi connectivity index (χ1v) is 10.1. The zero-order valence-electron chi connectivity index (χ0n) is 18.0. The molecule has 32 heavy (non-hydrogen) atoms. The fourth-order valence-corrected chi connectivity index (χ4v) is 2.14. The number of nitrogens with zero attached hydrogens (tertiary/aromatic N) is 1. The number of nitro groups is 1. The molecule has 0 radical (unpaired) electrons. The Morgan fingerprint density at radius 1 is 0.688 bits per heavy atom. The molecule has 1 aromatic rings. The number of carbonyl (C=O) groups is 1. The van der Waals surface area contributed by atoms with E-state index in [1.54, 1.807) is 12.1 Å². The molecular weight excluding hydrogens is 430 g/mol. The molecule has 0 amide bonds. The second kappa shape index (κ2) is 19.3. The zero-order valence-corrected chi connectivity index (χ0v) is 18.0. The first kappa shape index (κ1) is 27.7. The van der Waals surface area contributed by atoms with Gasteiger partial charge in [-0.1, -0.05) is 0 Å². The van der Waals surface area contributed by atoms with Crippen molar-refractivity contribution in [3.8, 4) is 5.75 Å². The summed E-state index contributed by atoms with van der Waals surface area (Å²) in [4.78, 5) is 20.3. The summed E-state index contributed by atoms with van der Waals surface area (Å²) in [5.41, 5.74) is 0.0195. The minimum absolute atomic E-state index is 0.0195. The lowest BCUT2D eigenvalue weighted by atomic mass is 10.3. The quantitative estimate of drug-likeness (QED) is 0.151. The lowest BCUT2D eigenvalue weighted by Gasteiger charge is -2.08. The van der Waals surface area contributed by atoms with Crippen LogP contribution in [-0.4, -0.2) is 102 Å². The maximum absolute atomic E-state index is 10.6. The van der Waals surface area contributed by atoms with E-state index in [-0.39, 0.29) is 18.9 Å². The first-order valence-electron chi connectivity index (χ1n) is 10.1. The van der Waals surface area contributed by atoms with Gasteiger partial charge in [-0.2, -0.15) is 0 Å².